The second-order valence-corrected chi connectivity index (χ2v) is 5.91. The first-order chi connectivity index (χ1) is 12.0. The van der Waals surface area contributed by atoms with Gasteiger partial charge in [0.05, 0.1) is 21.9 Å². The minimum atomic E-state index is -0.507. The topological polar surface area (TPSA) is 115 Å². The van der Waals surface area contributed by atoms with Gasteiger partial charge in [-0.3, -0.25) is 19.7 Å². The van der Waals surface area contributed by atoms with E-state index in [1.165, 1.54) is 30.0 Å². The Morgan fingerprint density at radius 1 is 1.16 bits per heavy atom. The van der Waals surface area contributed by atoms with Crippen LogP contribution in [0.25, 0.3) is 6.08 Å². The molecule has 8 heteroatoms. The van der Waals surface area contributed by atoms with Gasteiger partial charge in [-0.1, -0.05) is 24.3 Å². The van der Waals surface area contributed by atoms with E-state index in [1.54, 1.807) is 42.5 Å². The highest BCUT2D eigenvalue weighted by Gasteiger charge is 2.10. The SMILES string of the molecule is NC(=O)CSc1ccccc1NC(=O)/C=C/c1ccccc1[N+](=O)[O-]. The summed E-state index contributed by atoms with van der Waals surface area (Å²) in [4.78, 5) is 34.1. The Morgan fingerprint density at radius 3 is 2.56 bits per heavy atom. The van der Waals surface area contributed by atoms with Crippen LogP contribution in [0.4, 0.5) is 11.4 Å². The van der Waals surface area contributed by atoms with Crippen molar-refractivity contribution in [2.75, 3.05) is 11.1 Å². The monoisotopic (exact) mass is 357 g/mol. The highest BCUT2D eigenvalue weighted by atomic mass is 32.2. The number of carbonyl (C=O) groups excluding carboxylic acids is 2. The molecule has 0 heterocycles. The second-order valence-electron chi connectivity index (χ2n) is 4.89. The van der Waals surface area contributed by atoms with Crippen LogP contribution in [0.1, 0.15) is 5.56 Å². The van der Waals surface area contributed by atoms with Crippen molar-refractivity contribution < 1.29 is 14.5 Å². The standard InChI is InChI=1S/C17H15N3O4S/c18-16(21)11-25-15-8-4-2-6-13(15)19-17(22)10-9-12-5-1-3-7-14(12)20(23)24/h1-10H,11H2,(H2,18,21)(H,19,22)/b10-9+. The molecular weight excluding hydrogens is 342 g/mol. The average Bonchev–Trinajstić information content (AvgIpc) is 2.59. The zero-order chi connectivity index (χ0) is 18.2. The van der Waals surface area contributed by atoms with Gasteiger partial charge in [0, 0.05) is 17.0 Å². The lowest BCUT2D eigenvalue weighted by Crippen LogP contribution is -2.13. The molecule has 7 nitrogen and oxygen atoms in total. The fourth-order valence-corrected chi connectivity index (χ4v) is 2.73. The summed E-state index contributed by atoms with van der Waals surface area (Å²) in [5.74, 6) is -0.799. The molecule has 3 N–H and O–H groups in total. The third-order valence-corrected chi connectivity index (χ3v) is 4.16. The van der Waals surface area contributed by atoms with E-state index >= 15 is 0 Å². The maximum Gasteiger partial charge on any atom is 0.276 e. The van der Waals surface area contributed by atoms with E-state index < -0.39 is 16.7 Å². The van der Waals surface area contributed by atoms with E-state index in [0.29, 0.717) is 16.1 Å². The molecule has 25 heavy (non-hydrogen) atoms. The zero-order valence-electron chi connectivity index (χ0n) is 13.0. The first-order valence-corrected chi connectivity index (χ1v) is 8.18. The van der Waals surface area contributed by atoms with Crippen LogP contribution in [0, 0.1) is 10.1 Å². The summed E-state index contributed by atoms with van der Waals surface area (Å²) in [7, 11) is 0. The van der Waals surface area contributed by atoms with Crippen LogP contribution in [0.15, 0.2) is 59.5 Å². The average molecular weight is 357 g/mol. The molecule has 0 aromatic heterocycles. The molecular formula is C17H15N3O4S. The van der Waals surface area contributed by atoms with Crippen molar-refractivity contribution in [3.8, 4) is 0 Å². The summed E-state index contributed by atoms with van der Waals surface area (Å²) in [6, 6.07) is 13.1. The second kappa shape index (κ2) is 8.65. The van der Waals surface area contributed by atoms with E-state index in [2.05, 4.69) is 5.32 Å². The van der Waals surface area contributed by atoms with E-state index in [1.807, 2.05) is 0 Å². The summed E-state index contributed by atoms with van der Waals surface area (Å²) in [5, 5.41) is 13.6. The molecule has 0 saturated heterocycles. The highest BCUT2D eigenvalue weighted by Crippen LogP contribution is 2.26. The van der Waals surface area contributed by atoms with Gasteiger partial charge in [-0.05, 0) is 24.3 Å². The first-order valence-electron chi connectivity index (χ1n) is 7.20. The molecule has 0 unspecified atom stereocenters. The maximum atomic E-state index is 12.1. The van der Waals surface area contributed by atoms with Crippen molar-refractivity contribution in [3.63, 3.8) is 0 Å². The molecule has 0 spiro atoms. The molecule has 2 aromatic rings. The minimum Gasteiger partial charge on any atom is -0.369 e. The van der Waals surface area contributed by atoms with Gasteiger partial charge in [0.15, 0.2) is 0 Å². The van der Waals surface area contributed by atoms with Crippen LogP contribution in [0.2, 0.25) is 0 Å². The Bertz CT molecular complexity index is 836. The molecule has 0 bridgehead atoms. The number of nitro groups is 1. The minimum absolute atomic E-state index is 0.0797. The number of amides is 2. The van der Waals surface area contributed by atoms with Crippen LogP contribution in [-0.2, 0) is 9.59 Å². The largest absolute Gasteiger partial charge is 0.369 e. The van der Waals surface area contributed by atoms with E-state index in [4.69, 9.17) is 5.73 Å². The number of nitrogens with zero attached hydrogens (tertiary/aromatic N) is 1. The summed E-state index contributed by atoms with van der Waals surface area (Å²) in [6.45, 7) is 0. The smallest absolute Gasteiger partial charge is 0.276 e. The Balaban J connectivity index is 2.11. The number of nitrogens with two attached hydrogens (primary N) is 1. The summed E-state index contributed by atoms with van der Waals surface area (Å²) >= 11 is 1.22. The van der Waals surface area contributed by atoms with Crippen molar-refractivity contribution >= 4 is 41.0 Å². The lowest BCUT2D eigenvalue weighted by molar-refractivity contribution is -0.385. The van der Waals surface area contributed by atoms with Gasteiger partial charge < -0.3 is 11.1 Å². The molecule has 0 aliphatic heterocycles. The van der Waals surface area contributed by atoms with Gasteiger partial charge in [0.1, 0.15) is 0 Å². The zero-order valence-corrected chi connectivity index (χ0v) is 13.9. The van der Waals surface area contributed by atoms with Crippen LogP contribution >= 0.6 is 11.8 Å². The molecule has 2 aromatic carbocycles. The number of nitrogens with one attached hydrogen (secondary N) is 1. The number of thioether (sulfide) groups is 1. The first kappa shape index (κ1) is 18.2. The lowest BCUT2D eigenvalue weighted by Gasteiger charge is -2.08. The van der Waals surface area contributed by atoms with Crippen molar-refractivity contribution in [1.29, 1.82) is 0 Å². The quantitative estimate of drug-likeness (QED) is 0.342. The highest BCUT2D eigenvalue weighted by molar-refractivity contribution is 8.00. The van der Waals surface area contributed by atoms with Crippen molar-refractivity contribution in [3.05, 3.63) is 70.3 Å². The summed E-state index contributed by atoms with van der Waals surface area (Å²) < 4.78 is 0. The Hall–Kier alpha value is -3.13. The molecule has 0 aliphatic rings. The molecule has 0 saturated carbocycles. The third kappa shape index (κ3) is 5.47. The molecule has 0 aliphatic carbocycles. The van der Waals surface area contributed by atoms with Crippen molar-refractivity contribution in [1.82, 2.24) is 0 Å². The number of benzene rings is 2. The molecule has 2 rings (SSSR count). The molecule has 0 atom stereocenters. The van der Waals surface area contributed by atoms with Gasteiger partial charge in [-0.25, -0.2) is 0 Å². The Morgan fingerprint density at radius 2 is 1.84 bits per heavy atom. The van der Waals surface area contributed by atoms with Crippen LogP contribution in [0.5, 0.6) is 0 Å². The maximum absolute atomic E-state index is 12.1. The summed E-state index contributed by atoms with van der Waals surface area (Å²) in [6.07, 6.45) is 2.60. The number of carbonyl (C=O) groups is 2. The fraction of sp³-hybridized carbons (Fsp3) is 0.0588. The number of para-hydroxylation sites is 2. The predicted molar refractivity (Wildman–Crippen MR) is 97.1 cm³/mol. The number of hydrogen-bond donors (Lipinski definition) is 2. The molecule has 128 valence electrons. The van der Waals surface area contributed by atoms with Gasteiger partial charge in [0.25, 0.3) is 5.69 Å². The third-order valence-electron chi connectivity index (χ3n) is 3.06. The van der Waals surface area contributed by atoms with E-state index in [0.717, 1.165) is 0 Å². The van der Waals surface area contributed by atoms with E-state index in [9.17, 15) is 19.7 Å². The van der Waals surface area contributed by atoms with Crippen molar-refractivity contribution in [2.45, 2.75) is 4.90 Å². The number of nitro benzene ring substituents is 1. The molecule has 0 fully saturated rings. The van der Waals surface area contributed by atoms with E-state index in [-0.39, 0.29) is 11.4 Å². The van der Waals surface area contributed by atoms with Crippen molar-refractivity contribution in [2.24, 2.45) is 5.73 Å². The van der Waals surface area contributed by atoms with Gasteiger partial charge in [0.2, 0.25) is 11.8 Å². The number of anilines is 1. The van der Waals surface area contributed by atoms with Crippen LogP contribution < -0.4 is 11.1 Å². The van der Waals surface area contributed by atoms with Gasteiger partial charge in [-0.15, -0.1) is 11.8 Å². The van der Waals surface area contributed by atoms with Gasteiger partial charge >= 0.3 is 0 Å². The number of primary amides is 1. The lowest BCUT2D eigenvalue weighted by atomic mass is 10.1. The molecule has 2 amide bonds. The molecule has 0 radical (unpaired) electrons. The number of hydrogen-bond acceptors (Lipinski definition) is 5. The Labute approximate surface area is 148 Å². The van der Waals surface area contributed by atoms with Crippen LogP contribution in [-0.4, -0.2) is 22.5 Å². The van der Waals surface area contributed by atoms with Crippen LogP contribution in [0.3, 0.4) is 0 Å². The normalized spacial score (nSPS) is 10.6. The number of rotatable bonds is 7. The summed E-state index contributed by atoms with van der Waals surface area (Å²) in [5.41, 5.74) is 5.92. The Kier molecular flexibility index (Phi) is 6.30. The predicted octanol–water partition coefficient (Wildman–Crippen LogP) is 2.82. The van der Waals surface area contributed by atoms with Gasteiger partial charge in [-0.2, -0.15) is 0 Å². The fourth-order valence-electron chi connectivity index (χ4n) is 1.98.